The van der Waals surface area contributed by atoms with Crippen LogP contribution < -0.4 is 5.01 Å². The molecule has 3 rings (SSSR count). The second-order valence-corrected chi connectivity index (χ2v) is 4.06. The molecule has 0 amide bonds. The Hall–Kier alpha value is -2.08. The van der Waals surface area contributed by atoms with E-state index in [1.54, 1.807) is 6.20 Å². The number of aromatic nitrogens is 3. The SMILES string of the molecule is SCN1N=C(c2c[nH]nn2)C=Cc2ccccc21. The van der Waals surface area contributed by atoms with Gasteiger partial charge in [-0.25, -0.2) is 0 Å². The minimum atomic E-state index is 0.500. The molecule has 0 unspecified atom stereocenters. The van der Waals surface area contributed by atoms with Crippen molar-refractivity contribution >= 4 is 30.1 Å². The van der Waals surface area contributed by atoms with Crippen LogP contribution in [-0.4, -0.2) is 27.0 Å². The normalized spacial score (nSPS) is 14.1. The van der Waals surface area contributed by atoms with Crippen LogP contribution in [0.2, 0.25) is 0 Å². The van der Waals surface area contributed by atoms with Crippen LogP contribution in [0.3, 0.4) is 0 Å². The van der Waals surface area contributed by atoms with Crippen LogP contribution in [-0.2, 0) is 0 Å². The lowest BCUT2D eigenvalue weighted by Crippen LogP contribution is -2.16. The third-order valence-electron chi connectivity index (χ3n) is 2.68. The van der Waals surface area contributed by atoms with Gasteiger partial charge in [0.15, 0.2) is 0 Å². The Morgan fingerprint density at radius 2 is 2.11 bits per heavy atom. The molecule has 0 radical (unpaired) electrons. The molecule has 2 heterocycles. The van der Waals surface area contributed by atoms with Crippen molar-refractivity contribution in [2.45, 2.75) is 0 Å². The van der Waals surface area contributed by atoms with Crippen LogP contribution in [0.4, 0.5) is 5.69 Å². The summed E-state index contributed by atoms with van der Waals surface area (Å²) in [6.45, 7) is 0. The van der Waals surface area contributed by atoms with Gasteiger partial charge in [0.05, 0.1) is 17.8 Å². The predicted octanol–water partition coefficient (Wildman–Crippen LogP) is 1.93. The monoisotopic (exact) mass is 257 g/mol. The van der Waals surface area contributed by atoms with E-state index in [9.17, 15) is 0 Å². The minimum Gasteiger partial charge on any atom is -0.265 e. The van der Waals surface area contributed by atoms with E-state index in [0.717, 1.165) is 17.0 Å². The maximum absolute atomic E-state index is 4.54. The molecule has 6 heteroatoms. The molecule has 1 N–H and O–H groups in total. The van der Waals surface area contributed by atoms with E-state index in [0.29, 0.717) is 11.6 Å². The second-order valence-electron chi connectivity index (χ2n) is 3.78. The molecular weight excluding hydrogens is 246 g/mol. The van der Waals surface area contributed by atoms with Crippen LogP contribution in [0.5, 0.6) is 0 Å². The number of nitrogens with zero attached hydrogens (tertiary/aromatic N) is 4. The number of aromatic amines is 1. The number of H-pyrrole nitrogens is 1. The largest absolute Gasteiger partial charge is 0.265 e. The molecule has 1 aliphatic rings. The fourth-order valence-corrected chi connectivity index (χ4v) is 2.04. The van der Waals surface area contributed by atoms with Crippen LogP contribution in [0.1, 0.15) is 11.3 Å². The van der Waals surface area contributed by atoms with Gasteiger partial charge in [-0.2, -0.15) is 17.7 Å². The summed E-state index contributed by atoms with van der Waals surface area (Å²) in [7, 11) is 0. The zero-order valence-electron chi connectivity index (χ0n) is 9.48. The highest BCUT2D eigenvalue weighted by Crippen LogP contribution is 2.25. The lowest BCUT2D eigenvalue weighted by atomic mass is 10.1. The summed E-state index contributed by atoms with van der Waals surface area (Å²) in [5, 5.41) is 16.7. The first-order valence-corrected chi connectivity index (χ1v) is 6.12. The third-order valence-corrected chi connectivity index (χ3v) is 2.95. The van der Waals surface area contributed by atoms with Gasteiger partial charge in [-0.1, -0.05) is 29.5 Å². The number of nitrogens with one attached hydrogen (secondary N) is 1. The Morgan fingerprint density at radius 1 is 1.22 bits per heavy atom. The van der Waals surface area contributed by atoms with Crippen molar-refractivity contribution in [2.75, 3.05) is 10.9 Å². The van der Waals surface area contributed by atoms with Gasteiger partial charge in [0.2, 0.25) is 0 Å². The lowest BCUT2D eigenvalue weighted by molar-refractivity contribution is 0.935. The highest BCUT2D eigenvalue weighted by molar-refractivity contribution is 7.80. The number of anilines is 1. The summed E-state index contributed by atoms with van der Waals surface area (Å²) in [6.07, 6.45) is 5.67. The Kier molecular flexibility index (Phi) is 2.85. The number of allylic oxidation sites excluding steroid dienone is 1. The topological polar surface area (TPSA) is 57.2 Å². The number of thiol groups is 1. The first-order valence-electron chi connectivity index (χ1n) is 5.49. The Balaban J connectivity index is 2.09. The summed E-state index contributed by atoms with van der Waals surface area (Å²) in [4.78, 5) is 0. The third kappa shape index (κ3) is 1.91. The number of hydrogen-bond acceptors (Lipinski definition) is 5. The fraction of sp³-hybridized carbons (Fsp3) is 0.0833. The maximum Gasteiger partial charge on any atom is 0.132 e. The average molecular weight is 257 g/mol. The molecule has 2 aromatic rings. The molecule has 0 atom stereocenters. The minimum absolute atomic E-state index is 0.500. The maximum atomic E-state index is 4.54. The van der Waals surface area contributed by atoms with Gasteiger partial charge in [0.25, 0.3) is 0 Å². The van der Waals surface area contributed by atoms with Crippen LogP contribution in [0, 0.1) is 0 Å². The van der Waals surface area contributed by atoms with Crippen molar-refractivity contribution in [1.29, 1.82) is 0 Å². The van der Waals surface area contributed by atoms with Gasteiger partial charge in [0.1, 0.15) is 11.4 Å². The molecule has 0 saturated heterocycles. The molecule has 18 heavy (non-hydrogen) atoms. The number of para-hydroxylation sites is 1. The average Bonchev–Trinajstić information content (AvgIpc) is 2.87. The van der Waals surface area contributed by atoms with E-state index in [1.165, 1.54) is 0 Å². The van der Waals surface area contributed by atoms with E-state index in [-0.39, 0.29) is 0 Å². The highest BCUT2D eigenvalue weighted by Gasteiger charge is 2.13. The number of hydrazone groups is 1. The van der Waals surface area contributed by atoms with Gasteiger partial charge in [-0.05, 0) is 17.7 Å². The van der Waals surface area contributed by atoms with Crippen molar-refractivity contribution in [1.82, 2.24) is 15.4 Å². The van der Waals surface area contributed by atoms with Gasteiger partial charge in [-0.15, -0.1) is 5.10 Å². The predicted molar refractivity (Wildman–Crippen MR) is 74.7 cm³/mol. The summed E-state index contributed by atoms with van der Waals surface area (Å²) in [5.74, 6) is 0.500. The Labute approximate surface area is 110 Å². The zero-order valence-corrected chi connectivity index (χ0v) is 10.4. The van der Waals surface area contributed by atoms with E-state index in [2.05, 4.69) is 33.1 Å². The van der Waals surface area contributed by atoms with Gasteiger partial charge >= 0.3 is 0 Å². The van der Waals surface area contributed by atoms with E-state index >= 15 is 0 Å². The standard InChI is InChI=1S/C12H11N5S/c18-8-17-12-4-2-1-3-9(12)5-6-10(15-17)11-7-13-16-14-11/h1-7,18H,8H2,(H,13,14,16). The smallest absolute Gasteiger partial charge is 0.132 e. The van der Waals surface area contributed by atoms with Crippen molar-refractivity contribution in [3.8, 4) is 0 Å². The molecule has 0 spiro atoms. The Bertz CT molecular complexity index is 603. The summed E-state index contributed by atoms with van der Waals surface area (Å²) < 4.78 is 0. The molecule has 0 saturated carbocycles. The van der Waals surface area contributed by atoms with Crippen molar-refractivity contribution in [3.05, 3.63) is 47.8 Å². The fourth-order valence-electron chi connectivity index (χ4n) is 1.82. The summed E-state index contributed by atoms with van der Waals surface area (Å²) in [5.41, 5.74) is 3.61. The van der Waals surface area contributed by atoms with Gasteiger partial charge < -0.3 is 0 Å². The van der Waals surface area contributed by atoms with E-state index < -0.39 is 0 Å². The van der Waals surface area contributed by atoms with Crippen molar-refractivity contribution in [2.24, 2.45) is 5.10 Å². The summed E-state index contributed by atoms with van der Waals surface area (Å²) in [6, 6.07) is 8.05. The number of rotatable bonds is 2. The molecule has 1 aromatic heterocycles. The Morgan fingerprint density at radius 3 is 2.89 bits per heavy atom. The number of hydrogen-bond donors (Lipinski definition) is 2. The van der Waals surface area contributed by atoms with Gasteiger partial charge in [-0.3, -0.25) is 10.1 Å². The van der Waals surface area contributed by atoms with Gasteiger partial charge in [0, 0.05) is 0 Å². The van der Waals surface area contributed by atoms with E-state index in [4.69, 9.17) is 0 Å². The molecule has 0 aliphatic carbocycles. The number of benzene rings is 1. The van der Waals surface area contributed by atoms with Crippen LogP contribution in [0.15, 0.2) is 41.6 Å². The summed E-state index contributed by atoms with van der Waals surface area (Å²) >= 11 is 4.32. The molecule has 90 valence electrons. The lowest BCUT2D eigenvalue weighted by Gasteiger charge is -2.17. The van der Waals surface area contributed by atoms with Crippen molar-refractivity contribution in [3.63, 3.8) is 0 Å². The first-order chi connectivity index (χ1) is 8.88. The quantitative estimate of drug-likeness (QED) is 0.808. The molecule has 1 aromatic carbocycles. The number of fused-ring (bicyclic) bond motifs is 1. The molecular formula is C12H11N5S. The molecule has 0 bridgehead atoms. The molecule has 1 aliphatic heterocycles. The second kappa shape index (κ2) is 4.66. The molecule has 5 nitrogen and oxygen atoms in total. The van der Waals surface area contributed by atoms with Crippen LogP contribution in [0.25, 0.3) is 6.08 Å². The van der Waals surface area contributed by atoms with E-state index in [1.807, 2.05) is 41.4 Å². The highest BCUT2D eigenvalue weighted by atomic mass is 32.1. The zero-order chi connectivity index (χ0) is 12.4. The van der Waals surface area contributed by atoms with Crippen LogP contribution >= 0.6 is 12.6 Å². The first kappa shape index (κ1) is 11.0. The van der Waals surface area contributed by atoms with Crippen molar-refractivity contribution < 1.29 is 0 Å². The molecule has 0 fully saturated rings.